The summed E-state index contributed by atoms with van der Waals surface area (Å²) in [6.07, 6.45) is 0.970. The molecule has 1 saturated heterocycles. The molecule has 1 aliphatic carbocycles. The SMILES string of the molecule is CC1(C)CCC2(CC1)NCCC(C(F)F)O2. The number of hydrogen-bond donors (Lipinski definition) is 1. The zero-order chi connectivity index (χ0) is 11.8. The van der Waals surface area contributed by atoms with Crippen molar-refractivity contribution in [2.75, 3.05) is 6.54 Å². The Morgan fingerprint density at radius 1 is 1.19 bits per heavy atom. The Morgan fingerprint density at radius 3 is 2.38 bits per heavy atom. The van der Waals surface area contributed by atoms with Gasteiger partial charge in [-0.05, 0) is 37.5 Å². The summed E-state index contributed by atoms with van der Waals surface area (Å²) in [5.74, 6) is 0. The highest BCUT2D eigenvalue weighted by Gasteiger charge is 2.44. The molecule has 0 aromatic carbocycles. The van der Waals surface area contributed by atoms with Crippen LogP contribution in [-0.4, -0.2) is 24.8 Å². The molecule has 0 aromatic heterocycles. The molecule has 2 fully saturated rings. The summed E-state index contributed by atoms with van der Waals surface area (Å²) in [4.78, 5) is 0. The molecule has 4 heteroatoms. The van der Waals surface area contributed by atoms with Gasteiger partial charge in [-0.2, -0.15) is 0 Å². The Bertz CT molecular complexity index is 245. The summed E-state index contributed by atoms with van der Waals surface area (Å²) in [5.41, 5.74) is -0.136. The molecule has 1 saturated carbocycles. The lowest BCUT2D eigenvalue weighted by Gasteiger charge is -2.48. The van der Waals surface area contributed by atoms with Gasteiger partial charge < -0.3 is 4.74 Å². The summed E-state index contributed by atoms with van der Waals surface area (Å²) >= 11 is 0. The lowest BCUT2D eigenvalue weighted by molar-refractivity contribution is -0.203. The lowest BCUT2D eigenvalue weighted by atomic mass is 9.73. The van der Waals surface area contributed by atoms with E-state index in [1.54, 1.807) is 0 Å². The van der Waals surface area contributed by atoms with E-state index in [2.05, 4.69) is 19.2 Å². The Balaban J connectivity index is 1.98. The molecule has 0 radical (unpaired) electrons. The molecule has 2 rings (SSSR count). The van der Waals surface area contributed by atoms with E-state index < -0.39 is 18.3 Å². The summed E-state index contributed by atoms with van der Waals surface area (Å²) in [5, 5.41) is 3.30. The van der Waals surface area contributed by atoms with Crippen LogP contribution >= 0.6 is 0 Å². The second-order valence-corrected chi connectivity index (χ2v) is 5.86. The van der Waals surface area contributed by atoms with Crippen LogP contribution in [0.25, 0.3) is 0 Å². The van der Waals surface area contributed by atoms with E-state index in [0.29, 0.717) is 18.4 Å². The maximum absolute atomic E-state index is 12.7. The van der Waals surface area contributed by atoms with Crippen LogP contribution in [0.3, 0.4) is 0 Å². The largest absolute Gasteiger partial charge is 0.351 e. The van der Waals surface area contributed by atoms with Gasteiger partial charge in [0.15, 0.2) is 0 Å². The third-order valence-electron chi connectivity index (χ3n) is 3.95. The van der Waals surface area contributed by atoms with Gasteiger partial charge in [-0.3, -0.25) is 5.32 Å². The highest BCUT2D eigenvalue weighted by molar-refractivity contribution is 4.92. The van der Waals surface area contributed by atoms with Crippen LogP contribution in [0.15, 0.2) is 0 Å². The third kappa shape index (κ3) is 2.54. The zero-order valence-corrected chi connectivity index (χ0v) is 10.1. The molecule has 16 heavy (non-hydrogen) atoms. The molecule has 2 nitrogen and oxygen atoms in total. The van der Waals surface area contributed by atoms with Gasteiger partial charge in [-0.25, -0.2) is 8.78 Å². The molecule has 94 valence electrons. The van der Waals surface area contributed by atoms with Crippen LogP contribution < -0.4 is 5.32 Å². The zero-order valence-electron chi connectivity index (χ0n) is 10.1. The van der Waals surface area contributed by atoms with Crippen LogP contribution in [-0.2, 0) is 4.74 Å². The van der Waals surface area contributed by atoms with E-state index in [1.165, 1.54) is 0 Å². The van der Waals surface area contributed by atoms with Crippen molar-refractivity contribution < 1.29 is 13.5 Å². The van der Waals surface area contributed by atoms with Crippen molar-refractivity contribution in [1.29, 1.82) is 0 Å². The maximum Gasteiger partial charge on any atom is 0.264 e. The molecule has 2 aliphatic rings. The van der Waals surface area contributed by atoms with Crippen molar-refractivity contribution in [3.63, 3.8) is 0 Å². The Hall–Kier alpha value is -0.220. The first-order valence-electron chi connectivity index (χ1n) is 6.14. The van der Waals surface area contributed by atoms with Crippen molar-refractivity contribution in [2.45, 2.75) is 64.2 Å². The van der Waals surface area contributed by atoms with Crippen molar-refractivity contribution in [3.8, 4) is 0 Å². The predicted octanol–water partition coefficient (Wildman–Crippen LogP) is 2.93. The van der Waals surface area contributed by atoms with Gasteiger partial charge in [0.2, 0.25) is 0 Å². The van der Waals surface area contributed by atoms with E-state index in [1.807, 2.05) is 0 Å². The highest BCUT2D eigenvalue weighted by atomic mass is 19.3. The first-order chi connectivity index (χ1) is 7.43. The third-order valence-corrected chi connectivity index (χ3v) is 3.95. The highest BCUT2D eigenvalue weighted by Crippen LogP contribution is 2.42. The Labute approximate surface area is 95.7 Å². The normalized spacial score (nSPS) is 33.2. The van der Waals surface area contributed by atoms with Gasteiger partial charge in [-0.15, -0.1) is 0 Å². The fraction of sp³-hybridized carbons (Fsp3) is 1.00. The average molecular weight is 233 g/mol. The van der Waals surface area contributed by atoms with Crippen molar-refractivity contribution >= 4 is 0 Å². The Morgan fingerprint density at radius 2 is 1.81 bits per heavy atom. The minimum Gasteiger partial charge on any atom is -0.351 e. The van der Waals surface area contributed by atoms with Gasteiger partial charge in [0, 0.05) is 6.54 Å². The predicted molar refractivity (Wildman–Crippen MR) is 58.5 cm³/mol. The second kappa shape index (κ2) is 4.22. The molecule has 0 bridgehead atoms. The molecular formula is C12H21F2NO. The van der Waals surface area contributed by atoms with Gasteiger partial charge in [-0.1, -0.05) is 13.8 Å². The molecule has 1 N–H and O–H groups in total. The quantitative estimate of drug-likeness (QED) is 0.752. The van der Waals surface area contributed by atoms with Gasteiger partial charge in [0.1, 0.15) is 11.8 Å². The Kier molecular flexibility index (Phi) is 3.23. The molecule has 1 unspecified atom stereocenters. The van der Waals surface area contributed by atoms with Gasteiger partial charge in [0.25, 0.3) is 6.43 Å². The monoisotopic (exact) mass is 233 g/mol. The van der Waals surface area contributed by atoms with Crippen LogP contribution in [0, 0.1) is 5.41 Å². The maximum atomic E-state index is 12.7. The fourth-order valence-electron chi connectivity index (χ4n) is 2.64. The summed E-state index contributed by atoms with van der Waals surface area (Å²) < 4.78 is 30.9. The smallest absolute Gasteiger partial charge is 0.264 e. The van der Waals surface area contributed by atoms with Crippen LogP contribution in [0.4, 0.5) is 8.78 Å². The molecule has 1 atom stereocenters. The first-order valence-corrected chi connectivity index (χ1v) is 6.14. The van der Waals surface area contributed by atoms with Crippen LogP contribution in [0.2, 0.25) is 0 Å². The van der Waals surface area contributed by atoms with Crippen LogP contribution in [0.5, 0.6) is 0 Å². The fourth-order valence-corrected chi connectivity index (χ4v) is 2.64. The van der Waals surface area contributed by atoms with E-state index in [4.69, 9.17) is 4.74 Å². The molecule has 0 aromatic rings. The average Bonchev–Trinajstić information content (AvgIpc) is 2.24. The van der Waals surface area contributed by atoms with Crippen molar-refractivity contribution in [2.24, 2.45) is 5.41 Å². The van der Waals surface area contributed by atoms with E-state index in [0.717, 1.165) is 25.7 Å². The van der Waals surface area contributed by atoms with Crippen molar-refractivity contribution in [3.05, 3.63) is 0 Å². The van der Waals surface area contributed by atoms with Crippen molar-refractivity contribution in [1.82, 2.24) is 5.32 Å². The summed E-state index contributed by atoms with van der Waals surface area (Å²) in [7, 11) is 0. The topological polar surface area (TPSA) is 21.3 Å². The summed E-state index contributed by atoms with van der Waals surface area (Å²) in [6, 6.07) is 0. The molecule has 1 spiro atoms. The van der Waals surface area contributed by atoms with E-state index >= 15 is 0 Å². The number of rotatable bonds is 1. The molecular weight excluding hydrogens is 212 g/mol. The van der Waals surface area contributed by atoms with Gasteiger partial charge >= 0.3 is 0 Å². The number of ether oxygens (including phenoxy) is 1. The second-order valence-electron chi connectivity index (χ2n) is 5.86. The van der Waals surface area contributed by atoms with Crippen LogP contribution in [0.1, 0.15) is 46.0 Å². The minimum absolute atomic E-state index is 0.327. The van der Waals surface area contributed by atoms with E-state index in [-0.39, 0.29) is 0 Å². The first kappa shape index (κ1) is 12.2. The number of alkyl halides is 2. The van der Waals surface area contributed by atoms with Gasteiger partial charge in [0.05, 0.1) is 0 Å². The number of hydrogen-bond acceptors (Lipinski definition) is 2. The standard InChI is InChI=1S/C12H21F2NO/c1-11(2)4-6-12(7-5-11)15-8-3-9(16-12)10(13)14/h9-10,15H,3-8H2,1-2H3. The molecule has 1 heterocycles. The molecule has 1 aliphatic heterocycles. The number of nitrogens with one attached hydrogen (secondary N) is 1. The lowest BCUT2D eigenvalue weighted by Crippen LogP contribution is -2.58. The molecule has 0 amide bonds. The minimum atomic E-state index is -2.35. The summed E-state index contributed by atoms with van der Waals surface area (Å²) in [6.45, 7) is 5.11. The van der Waals surface area contributed by atoms with E-state index in [9.17, 15) is 8.78 Å². The number of halogens is 2.